The van der Waals surface area contributed by atoms with E-state index in [1.165, 1.54) is 25.1 Å². The minimum atomic E-state index is -1.17. The second-order valence-electron chi connectivity index (χ2n) is 7.53. The number of para-hydroxylation sites is 1. The number of carbonyl (C=O) groups is 3. The number of aromatic carboxylic acids is 1. The fourth-order valence-corrected chi connectivity index (χ4v) is 4.27. The highest BCUT2D eigenvalue weighted by Gasteiger charge is 2.24. The van der Waals surface area contributed by atoms with Gasteiger partial charge in [-0.3, -0.25) is 9.59 Å². The van der Waals surface area contributed by atoms with Crippen LogP contribution in [-0.2, 0) is 11.4 Å². The molecule has 0 bridgehead atoms. The van der Waals surface area contributed by atoms with Crippen LogP contribution in [0.25, 0.3) is 6.08 Å². The second kappa shape index (κ2) is 10.6. The van der Waals surface area contributed by atoms with Crippen molar-refractivity contribution in [3.8, 4) is 5.75 Å². The summed E-state index contributed by atoms with van der Waals surface area (Å²) in [7, 11) is 0. The van der Waals surface area contributed by atoms with E-state index in [1.807, 2.05) is 36.4 Å². The number of ketones is 1. The van der Waals surface area contributed by atoms with Crippen molar-refractivity contribution in [1.29, 1.82) is 0 Å². The molecule has 176 valence electrons. The van der Waals surface area contributed by atoms with Crippen LogP contribution in [-0.4, -0.2) is 27.9 Å². The number of hydrogen-bond donors (Lipinski definition) is 2. The van der Waals surface area contributed by atoms with Crippen LogP contribution in [0.3, 0.4) is 0 Å². The Balaban J connectivity index is 1.57. The number of nitrogens with one attached hydrogen (secondary N) is 1. The van der Waals surface area contributed by atoms with Gasteiger partial charge in [-0.2, -0.15) is 0 Å². The molecule has 1 aliphatic rings. The maximum absolute atomic E-state index is 12.6. The summed E-state index contributed by atoms with van der Waals surface area (Å²) in [6.45, 7) is 1.61. The van der Waals surface area contributed by atoms with Crippen molar-refractivity contribution in [2.75, 3.05) is 0 Å². The molecular formula is C26H19ClN2O5S. The maximum atomic E-state index is 12.6. The lowest BCUT2D eigenvalue weighted by molar-refractivity contribution is -0.115. The van der Waals surface area contributed by atoms with Gasteiger partial charge >= 0.3 is 5.97 Å². The zero-order valence-corrected chi connectivity index (χ0v) is 20.0. The quantitative estimate of drug-likeness (QED) is 0.314. The standard InChI is InChI=1S/C26H19ClN2O5S/c1-15(30)18-10-19(25(32)33)12-20(11-18)28-26-29-24(31)23(35-26)13-16-6-3-5-9-22(16)34-14-17-7-2-4-8-21(17)27/h2-13H,14H2,1H3,(H,32,33)(H,28,29,31)/b23-13-. The number of hydrogen-bond acceptors (Lipinski definition) is 6. The molecule has 0 aliphatic carbocycles. The molecule has 0 atom stereocenters. The van der Waals surface area contributed by atoms with Gasteiger partial charge < -0.3 is 15.2 Å². The molecule has 1 aliphatic heterocycles. The number of amides is 1. The Morgan fingerprint density at radius 3 is 2.54 bits per heavy atom. The van der Waals surface area contributed by atoms with Crippen LogP contribution >= 0.6 is 23.4 Å². The molecule has 1 heterocycles. The predicted molar refractivity (Wildman–Crippen MR) is 136 cm³/mol. The van der Waals surface area contributed by atoms with Crippen molar-refractivity contribution in [1.82, 2.24) is 5.32 Å². The first-order valence-electron chi connectivity index (χ1n) is 10.4. The van der Waals surface area contributed by atoms with Gasteiger partial charge in [-0.1, -0.05) is 48.0 Å². The third-order valence-corrected chi connectivity index (χ3v) is 6.28. The SMILES string of the molecule is CC(=O)c1cc(N=C2NC(=O)/C(=C/c3ccccc3OCc3ccccc3Cl)S2)cc(C(=O)O)c1. The van der Waals surface area contributed by atoms with E-state index in [2.05, 4.69) is 10.3 Å². The van der Waals surface area contributed by atoms with Crippen molar-refractivity contribution < 1.29 is 24.2 Å². The van der Waals surface area contributed by atoms with Gasteiger partial charge in [-0.25, -0.2) is 9.79 Å². The first-order valence-corrected chi connectivity index (χ1v) is 11.6. The van der Waals surface area contributed by atoms with Gasteiger partial charge in [0.05, 0.1) is 16.2 Å². The summed E-state index contributed by atoms with van der Waals surface area (Å²) >= 11 is 7.31. The number of amidine groups is 1. The van der Waals surface area contributed by atoms with Crippen LogP contribution in [0.15, 0.2) is 76.6 Å². The Bertz CT molecular complexity index is 1370. The van der Waals surface area contributed by atoms with Crippen LogP contribution in [0.5, 0.6) is 5.75 Å². The number of thioether (sulfide) groups is 1. The summed E-state index contributed by atoms with van der Waals surface area (Å²) in [5.74, 6) is -1.23. The summed E-state index contributed by atoms with van der Waals surface area (Å²) in [5.41, 5.74) is 1.95. The Labute approximate surface area is 210 Å². The lowest BCUT2D eigenvalue weighted by Gasteiger charge is -2.10. The zero-order valence-electron chi connectivity index (χ0n) is 18.4. The van der Waals surface area contributed by atoms with Crippen LogP contribution in [0.2, 0.25) is 5.02 Å². The lowest BCUT2D eigenvalue weighted by Crippen LogP contribution is -2.19. The van der Waals surface area contributed by atoms with E-state index < -0.39 is 5.97 Å². The smallest absolute Gasteiger partial charge is 0.335 e. The number of halogens is 1. The number of Topliss-reactive ketones (excluding diaryl/α,β-unsaturated/α-hetero) is 1. The fourth-order valence-electron chi connectivity index (χ4n) is 3.24. The normalized spacial score (nSPS) is 15.3. The zero-order chi connectivity index (χ0) is 24.9. The molecule has 1 saturated heterocycles. The lowest BCUT2D eigenvalue weighted by atomic mass is 10.1. The number of ether oxygens (including phenoxy) is 1. The highest BCUT2D eigenvalue weighted by Crippen LogP contribution is 2.31. The molecule has 0 spiro atoms. The number of carbonyl (C=O) groups excluding carboxylic acids is 2. The third-order valence-electron chi connectivity index (χ3n) is 5.00. The molecule has 35 heavy (non-hydrogen) atoms. The number of carboxylic acid groups (broad SMARTS) is 1. The van der Waals surface area contributed by atoms with Gasteiger partial charge in [0.25, 0.3) is 5.91 Å². The minimum Gasteiger partial charge on any atom is -0.488 e. The number of rotatable bonds is 7. The number of nitrogens with zero attached hydrogens (tertiary/aromatic N) is 1. The van der Waals surface area contributed by atoms with Crippen LogP contribution in [0.1, 0.15) is 38.8 Å². The summed E-state index contributed by atoms with van der Waals surface area (Å²) in [6, 6.07) is 18.8. The molecule has 0 unspecified atom stereocenters. The molecular weight excluding hydrogens is 488 g/mol. The summed E-state index contributed by atoms with van der Waals surface area (Å²) in [4.78, 5) is 40.5. The first-order chi connectivity index (χ1) is 16.8. The van der Waals surface area contributed by atoms with E-state index >= 15 is 0 Å². The third kappa shape index (κ3) is 5.98. The highest BCUT2D eigenvalue weighted by atomic mass is 35.5. The van der Waals surface area contributed by atoms with Gasteiger partial charge in [0.15, 0.2) is 11.0 Å². The van der Waals surface area contributed by atoms with Gasteiger partial charge in [0, 0.05) is 21.7 Å². The Morgan fingerprint density at radius 1 is 1.09 bits per heavy atom. The molecule has 0 aromatic heterocycles. The van der Waals surface area contributed by atoms with E-state index in [0.717, 1.165) is 17.3 Å². The average molecular weight is 507 g/mol. The van der Waals surface area contributed by atoms with Crippen LogP contribution in [0, 0.1) is 0 Å². The van der Waals surface area contributed by atoms with Gasteiger partial charge in [-0.15, -0.1) is 0 Å². The van der Waals surface area contributed by atoms with Crippen molar-refractivity contribution in [2.24, 2.45) is 4.99 Å². The van der Waals surface area contributed by atoms with Crippen molar-refractivity contribution in [3.05, 3.63) is 98.9 Å². The van der Waals surface area contributed by atoms with Gasteiger partial charge in [-0.05, 0) is 55.1 Å². The van der Waals surface area contributed by atoms with Crippen molar-refractivity contribution >= 4 is 58.0 Å². The monoisotopic (exact) mass is 506 g/mol. The number of benzene rings is 3. The largest absolute Gasteiger partial charge is 0.488 e. The Hall–Kier alpha value is -3.88. The predicted octanol–water partition coefficient (Wildman–Crippen LogP) is 5.71. The molecule has 9 heteroatoms. The van der Waals surface area contributed by atoms with Crippen molar-refractivity contribution in [3.63, 3.8) is 0 Å². The molecule has 2 N–H and O–H groups in total. The van der Waals surface area contributed by atoms with E-state index in [-0.39, 0.29) is 40.3 Å². The Kier molecular flexibility index (Phi) is 7.33. The molecule has 0 radical (unpaired) electrons. The van der Waals surface area contributed by atoms with Gasteiger partial charge in [0.2, 0.25) is 0 Å². The second-order valence-corrected chi connectivity index (χ2v) is 8.97. The minimum absolute atomic E-state index is 0.0632. The summed E-state index contributed by atoms with van der Waals surface area (Å²) in [6.07, 6.45) is 1.69. The van der Waals surface area contributed by atoms with E-state index in [0.29, 0.717) is 21.2 Å². The molecule has 4 rings (SSSR count). The Morgan fingerprint density at radius 2 is 1.80 bits per heavy atom. The summed E-state index contributed by atoms with van der Waals surface area (Å²) < 4.78 is 5.96. The van der Waals surface area contributed by atoms with E-state index in [1.54, 1.807) is 18.2 Å². The highest BCUT2D eigenvalue weighted by molar-refractivity contribution is 8.18. The fraction of sp³-hybridized carbons (Fsp3) is 0.0769. The molecule has 3 aromatic carbocycles. The van der Waals surface area contributed by atoms with E-state index in [9.17, 15) is 19.5 Å². The topological polar surface area (TPSA) is 105 Å². The number of carboxylic acids is 1. The van der Waals surface area contributed by atoms with E-state index in [4.69, 9.17) is 16.3 Å². The average Bonchev–Trinajstić information content (AvgIpc) is 3.17. The molecule has 0 saturated carbocycles. The molecule has 3 aromatic rings. The van der Waals surface area contributed by atoms with Gasteiger partial charge in [0.1, 0.15) is 12.4 Å². The molecule has 7 nitrogen and oxygen atoms in total. The molecule has 1 amide bonds. The summed E-state index contributed by atoms with van der Waals surface area (Å²) in [5, 5.41) is 12.9. The van der Waals surface area contributed by atoms with Crippen LogP contribution in [0.4, 0.5) is 5.69 Å². The van der Waals surface area contributed by atoms with Crippen LogP contribution < -0.4 is 10.1 Å². The molecule has 1 fully saturated rings. The van der Waals surface area contributed by atoms with Crippen molar-refractivity contribution in [2.45, 2.75) is 13.5 Å². The maximum Gasteiger partial charge on any atom is 0.335 e. The first kappa shape index (κ1) is 24.3. The number of aliphatic imine (C=N–C) groups is 1.